The first-order valence-electron chi connectivity index (χ1n) is 14.3. The standard InChI is InChI=1S/C33H37Cl2N3O4S/c1-33(2,3)42-32(39)37-18-16-36(17-19-37)29-7-5-6-25(20-29)31(43(4,40)41)26-21-38(22-26)30(23-8-12-27(34)13-9-23)24-10-14-28(35)15-11-24/h5-15,20,30H,16-19,21-22H2,1-4H3. The number of carbonyl (C=O) groups is 1. The summed E-state index contributed by atoms with van der Waals surface area (Å²) in [4.78, 5) is 19.0. The quantitative estimate of drug-likeness (QED) is 0.291. The van der Waals surface area contributed by atoms with Crippen molar-refractivity contribution in [2.75, 3.05) is 50.4 Å². The third-order valence-electron chi connectivity index (χ3n) is 7.62. The molecule has 2 saturated heterocycles. The van der Waals surface area contributed by atoms with Crippen molar-refractivity contribution in [1.82, 2.24) is 9.80 Å². The molecule has 0 spiro atoms. The van der Waals surface area contributed by atoms with E-state index >= 15 is 0 Å². The van der Waals surface area contributed by atoms with Crippen molar-refractivity contribution in [3.8, 4) is 0 Å². The van der Waals surface area contributed by atoms with E-state index in [1.807, 2.05) is 93.6 Å². The maximum atomic E-state index is 13.2. The van der Waals surface area contributed by atoms with Crippen LogP contribution in [0.2, 0.25) is 10.0 Å². The number of rotatable bonds is 6. The lowest BCUT2D eigenvalue weighted by atomic mass is 9.92. The molecule has 7 nitrogen and oxygen atoms in total. The fraction of sp³-hybridized carbons (Fsp3) is 0.364. The predicted octanol–water partition coefficient (Wildman–Crippen LogP) is 6.91. The zero-order valence-corrected chi connectivity index (χ0v) is 27.2. The highest BCUT2D eigenvalue weighted by atomic mass is 35.5. The van der Waals surface area contributed by atoms with Crippen LogP contribution in [0.1, 0.15) is 43.5 Å². The van der Waals surface area contributed by atoms with Gasteiger partial charge in [0.2, 0.25) is 0 Å². The van der Waals surface area contributed by atoms with Gasteiger partial charge in [-0.2, -0.15) is 0 Å². The van der Waals surface area contributed by atoms with Gasteiger partial charge >= 0.3 is 6.09 Å². The van der Waals surface area contributed by atoms with E-state index in [1.165, 1.54) is 6.26 Å². The maximum absolute atomic E-state index is 13.2. The number of hydrogen-bond donors (Lipinski definition) is 0. The van der Waals surface area contributed by atoms with Crippen molar-refractivity contribution in [3.63, 3.8) is 0 Å². The van der Waals surface area contributed by atoms with Crippen LogP contribution in [-0.2, 0) is 14.6 Å². The van der Waals surface area contributed by atoms with Crippen LogP contribution >= 0.6 is 23.2 Å². The summed E-state index contributed by atoms with van der Waals surface area (Å²) >= 11 is 12.3. The third-order valence-corrected chi connectivity index (χ3v) is 9.39. The van der Waals surface area contributed by atoms with Crippen LogP contribution in [0.25, 0.3) is 4.91 Å². The van der Waals surface area contributed by atoms with Crippen LogP contribution < -0.4 is 4.90 Å². The normalized spacial score (nSPS) is 16.3. The molecule has 0 radical (unpaired) electrons. The summed E-state index contributed by atoms with van der Waals surface area (Å²) < 4.78 is 31.9. The molecular formula is C33H37Cl2N3O4S. The number of nitrogens with zero attached hydrogens (tertiary/aromatic N) is 3. The van der Waals surface area contributed by atoms with Gasteiger partial charge in [0, 0.05) is 61.3 Å². The predicted molar refractivity (Wildman–Crippen MR) is 175 cm³/mol. The van der Waals surface area contributed by atoms with Gasteiger partial charge in [0.1, 0.15) is 5.60 Å². The van der Waals surface area contributed by atoms with E-state index in [0.29, 0.717) is 59.8 Å². The fourth-order valence-corrected chi connectivity index (χ4v) is 7.13. The summed E-state index contributed by atoms with van der Waals surface area (Å²) in [7, 11) is -3.52. The Labute approximate surface area is 264 Å². The Balaban J connectivity index is 1.37. The van der Waals surface area contributed by atoms with Crippen LogP contribution in [0, 0.1) is 0 Å². The van der Waals surface area contributed by atoms with Crippen molar-refractivity contribution in [3.05, 3.63) is 105 Å². The van der Waals surface area contributed by atoms with E-state index in [-0.39, 0.29) is 12.1 Å². The van der Waals surface area contributed by atoms with Gasteiger partial charge in [-0.1, -0.05) is 59.6 Å². The minimum atomic E-state index is -3.52. The number of likely N-dealkylation sites (tertiary alicyclic amines) is 1. The van der Waals surface area contributed by atoms with Gasteiger partial charge < -0.3 is 14.5 Å². The first kappa shape index (κ1) is 31.4. The van der Waals surface area contributed by atoms with Gasteiger partial charge in [0.25, 0.3) is 0 Å². The number of amides is 1. The van der Waals surface area contributed by atoms with Gasteiger partial charge in [-0.3, -0.25) is 4.90 Å². The molecule has 43 heavy (non-hydrogen) atoms. The molecule has 1 amide bonds. The number of anilines is 1. The Bertz CT molecular complexity index is 1560. The summed E-state index contributed by atoms with van der Waals surface area (Å²) in [5.41, 5.74) is 4.08. The van der Waals surface area contributed by atoms with E-state index in [1.54, 1.807) is 4.90 Å². The van der Waals surface area contributed by atoms with Crippen molar-refractivity contribution in [1.29, 1.82) is 0 Å². The molecule has 0 saturated carbocycles. The number of hydrogen-bond acceptors (Lipinski definition) is 6. The lowest BCUT2D eigenvalue weighted by Gasteiger charge is -2.42. The molecule has 10 heteroatoms. The molecule has 0 atom stereocenters. The van der Waals surface area contributed by atoms with Crippen LogP contribution in [0.5, 0.6) is 0 Å². The maximum Gasteiger partial charge on any atom is 0.410 e. The largest absolute Gasteiger partial charge is 0.444 e. The Morgan fingerprint density at radius 1 is 0.837 bits per heavy atom. The number of piperazine rings is 1. The van der Waals surface area contributed by atoms with Crippen LogP contribution in [0.4, 0.5) is 10.5 Å². The highest BCUT2D eigenvalue weighted by Crippen LogP contribution is 2.39. The van der Waals surface area contributed by atoms with Crippen LogP contribution in [0.15, 0.2) is 78.4 Å². The molecular weight excluding hydrogens is 605 g/mol. The zero-order chi connectivity index (χ0) is 30.9. The second-order valence-corrected chi connectivity index (χ2v) is 14.9. The Hall–Kier alpha value is -3.04. The summed E-state index contributed by atoms with van der Waals surface area (Å²) in [6.45, 7) is 8.92. The first-order chi connectivity index (χ1) is 20.3. The molecule has 0 N–H and O–H groups in total. The highest BCUT2D eigenvalue weighted by Gasteiger charge is 2.35. The molecule has 228 valence electrons. The van der Waals surface area contributed by atoms with Gasteiger partial charge in [-0.05, 0) is 79.4 Å². The topological polar surface area (TPSA) is 70.2 Å². The number of ether oxygens (including phenoxy) is 1. The second-order valence-electron chi connectivity index (χ2n) is 12.1. The molecule has 2 aliphatic rings. The second kappa shape index (κ2) is 12.5. The lowest BCUT2D eigenvalue weighted by Crippen LogP contribution is -2.50. The summed E-state index contributed by atoms with van der Waals surface area (Å²) in [5, 5.41) is 1.32. The van der Waals surface area contributed by atoms with Gasteiger partial charge in [-0.25, -0.2) is 13.2 Å². The molecule has 0 unspecified atom stereocenters. The minimum Gasteiger partial charge on any atom is -0.444 e. The summed E-state index contributed by atoms with van der Waals surface area (Å²) in [6, 6.07) is 23.1. The van der Waals surface area contributed by atoms with E-state index < -0.39 is 15.4 Å². The SMILES string of the molecule is CC(C)(C)OC(=O)N1CCN(c2cccc(C(=C3CN(C(c4ccc(Cl)cc4)c4ccc(Cl)cc4)C3)S(C)(=O)=O)c2)CC1. The van der Waals surface area contributed by atoms with E-state index in [2.05, 4.69) is 9.80 Å². The summed E-state index contributed by atoms with van der Waals surface area (Å²) in [6.07, 6.45) is 0.968. The van der Waals surface area contributed by atoms with Crippen molar-refractivity contribution in [2.24, 2.45) is 0 Å². The first-order valence-corrected chi connectivity index (χ1v) is 16.9. The van der Waals surface area contributed by atoms with Crippen molar-refractivity contribution >= 4 is 49.7 Å². The molecule has 2 heterocycles. The van der Waals surface area contributed by atoms with Crippen molar-refractivity contribution < 1.29 is 17.9 Å². The fourth-order valence-electron chi connectivity index (χ4n) is 5.67. The zero-order valence-electron chi connectivity index (χ0n) is 24.9. The molecule has 3 aromatic rings. The molecule has 0 aliphatic carbocycles. The van der Waals surface area contributed by atoms with Crippen molar-refractivity contribution in [2.45, 2.75) is 32.4 Å². The monoisotopic (exact) mass is 641 g/mol. The van der Waals surface area contributed by atoms with Gasteiger partial charge in [-0.15, -0.1) is 0 Å². The Kier molecular flexibility index (Phi) is 9.14. The number of halogens is 2. The molecule has 2 fully saturated rings. The highest BCUT2D eigenvalue weighted by molar-refractivity contribution is 8.00. The number of carbonyl (C=O) groups excluding carboxylic acids is 1. The van der Waals surface area contributed by atoms with Crippen LogP contribution in [-0.4, -0.2) is 75.4 Å². The minimum absolute atomic E-state index is 0.0771. The van der Waals surface area contributed by atoms with E-state index in [0.717, 1.165) is 22.4 Å². The average Bonchev–Trinajstić information content (AvgIpc) is 2.92. The van der Waals surface area contributed by atoms with E-state index in [9.17, 15) is 13.2 Å². The number of benzene rings is 3. The number of sulfone groups is 1. The Morgan fingerprint density at radius 2 is 1.37 bits per heavy atom. The molecule has 0 aromatic heterocycles. The third kappa shape index (κ3) is 7.55. The molecule has 5 rings (SSSR count). The summed E-state index contributed by atoms with van der Waals surface area (Å²) in [5.74, 6) is 0. The van der Waals surface area contributed by atoms with E-state index in [4.69, 9.17) is 27.9 Å². The lowest BCUT2D eigenvalue weighted by molar-refractivity contribution is 0.0240. The molecule has 2 aliphatic heterocycles. The van der Waals surface area contributed by atoms with Gasteiger partial charge in [0.15, 0.2) is 9.84 Å². The molecule has 3 aromatic carbocycles. The molecule has 0 bridgehead atoms. The van der Waals surface area contributed by atoms with Gasteiger partial charge in [0.05, 0.1) is 10.9 Å². The van der Waals surface area contributed by atoms with Crippen LogP contribution in [0.3, 0.4) is 0 Å². The Morgan fingerprint density at radius 3 is 1.86 bits per heavy atom. The smallest absolute Gasteiger partial charge is 0.410 e. The average molecular weight is 643 g/mol.